The van der Waals surface area contributed by atoms with E-state index in [1.165, 1.54) is 4.57 Å². The zero-order valence-corrected chi connectivity index (χ0v) is 16.0. The van der Waals surface area contributed by atoms with Crippen LogP contribution in [-0.4, -0.2) is 21.9 Å². The van der Waals surface area contributed by atoms with Crippen LogP contribution < -0.4 is 9.99 Å². The van der Waals surface area contributed by atoms with E-state index in [1.807, 2.05) is 42.5 Å². The Hall–Kier alpha value is -3.64. The van der Waals surface area contributed by atoms with Crippen molar-refractivity contribution < 1.29 is 19.3 Å². The fraction of sp³-hybridized carbons (Fsp3) is 0.0455. The number of hydrogen-bond donors (Lipinski definition) is 2. The van der Waals surface area contributed by atoms with Gasteiger partial charge in [0.15, 0.2) is 12.4 Å². The number of halogens is 1. The van der Waals surface area contributed by atoms with Crippen molar-refractivity contribution in [3.63, 3.8) is 0 Å². The molecule has 1 aliphatic rings. The zero-order chi connectivity index (χ0) is 20.4. The topological polar surface area (TPSA) is 73.5 Å². The highest BCUT2D eigenvalue weighted by molar-refractivity contribution is 6.30. The summed E-state index contributed by atoms with van der Waals surface area (Å²) in [5, 5.41) is 11.7. The molecule has 0 saturated heterocycles. The lowest BCUT2D eigenvalue weighted by molar-refractivity contribution is -0.578. The molecule has 0 fully saturated rings. The van der Waals surface area contributed by atoms with Gasteiger partial charge in [0.25, 0.3) is 5.76 Å². The third kappa shape index (κ3) is 3.83. The second-order valence-corrected chi connectivity index (χ2v) is 6.97. The number of carbonyl (C=O) groups is 2. The van der Waals surface area contributed by atoms with E-state index < -0.39 is 17.6 Å². The van der Waals surface area contributed by atoms with Gasteiger partial charge in [0.2, 0.25) is 0 Å². The number of nitrogens with one attached hydrogen (secondary N) is 1. The number of nitrogens with zero attached hydrogens (tertiary/aromatic N) is 2. The summed E-state index contributed by atoms with van der Waals surface area (Å²) < 4.78 is 1.44. The molecule has 1 aromatic heterocycles. The summed E-state index contributed by atoms with van der Waals surface area (Å²) in [5.41, 5.74) is 5.30. The first-order valence-electron chi connectivity index (χ1n) is 8.91. The monoisotopic (exact) mass is 406 g/mol. The number of para-hydroxylation sites is 1. The van der Waals surface area contributed by atoms with Crippen LogP contribution in [0.2, 0.25) is 5.02 Å². The van der Waals surface area contributed by atoms with Crippen molar-refractivity contribution in [1.29, 1.82) is 0 Å². The molecule has 6 nitrogen and oxygen atoms in total. The molecule has 2 aromatic carbocycles. The first-order chi connectivity index (χ1) is 14.0. The maximum absolute atomic E-state index is 12.7. The largest absolute Gasteiger partial charge is 0.498 e. The Bertz CT molecular complexity index is 1090. The van der Waals surface area contributed by atoms with Crippen molar-refractivity contribution in [2.45, 2.75) is 6.42 Å². The lowest BCUT2D eigenvalue weighted by atomic mass is 10.1. The number of anilines is 1. The predicted molar refractivity (Wildman–Crippen MR) is 109 cm³/mol. The van der Waals surface area contributed by atoms with Crippen molar-refractivity contribution in [2.24, 2.45) is 0 Å². The molecule has 3 aromatic rings. The fourth-order valence-electron chi connectivity index (χ4n) is 3.04. The van der Waals surface area contributed by atoms with Gasteiger partial charge >= 0.3 is 17.5 Å². The molecule has 0 atom stereocenters. The van der Waals surface area contributed by atoms with Crippen LogP contribution in [0.1, 0.15) is 11.1 Å². The van der Waals surface area contributed by atoms with E-state index in [4.69, 9.17) is 11.6 Å². The van der Waals surface area contributed by atoms with Gasteiger partial charge in [0, 0.05) is 17.2 Å². The van der Waals surface area contributed by atoms with Crippen LogP contribution in [0.3, 0.4) is 0 Å². The Morgan fingerprint density at radius 3 is 2.14 bits per heavy atom. The Labute approximate surface area is 172 Å². The van der Waals surface area contributed by atoms with Gasteiger partial charge in [-0.05, 0) is 41.8 Å². The number of aromatic nitrogens is 1. The quantitative estimate of drug-likeness (QED) is 0.503. The summed E-state index contributed by atoms with van der Waals surface area (Å²) in [4.78, 5) is 25.1. The van der Waals surface area contributed by atoms with Crippen LogP contribution in [-0.2, 0) is 16.0 Å². The van der Waals surface area contributed by atoms with Gasteiger partial charge < -0.3 is 5.11 Å². The van der Waals surface area contributed by atoms with Crippen molar-refractivity contribution in [3.05, 3.63) is 101 Å². The second-order valence-electron chi connectivity index (χ2n) is 6.54. The van der Waals surface area contributed by atoms with Crippen molar-refractivity contribution in [2.75, 3.05) is 5.43 Å². The van der Waals surface area contributed by atoms with E-state index >= 15 is 0 Å². The highest BCUT2D eigenvalue weighted by Gasteiger charge is 2.45. The van der Waals surface area contributed by atoms with Crippen molar-refractivity contribution in [3.8, 4) is 0 Å². The van der Waals surface area contributed by atoms with Gasteiger partial charge in [-0.3, -0.25) is 15.0 Å². The van der Waals surface area contributed by atoms with Crippen LogP contribution >= 0.6 is 11.6 Å². The summed E-state index contributed by atoms with van der Waals surface area (Å²) in [6, 6.07) is 20.0. The molecule has 0 spiro atoms. The molecule has 29 heavy (non-hydrogen) atoms. The van der Waals surface area contributed by atoms with Crippen LogP contribution in [0.25, 0.3) is 5.70 Å². The average Bonchev–Trinajstić information content (AvgIpc) is 2.94. The molecule has 1 aliphatic heterocycles. The maximum Gasteiger partial charge on any atom is 0.349 e. The number of rotatable bonds is 5. The molecule has 0 aliphatic carbocycles. The van der Waals surface area contributed by atoms with Crippen molar-refractivity contribution in [1.82, 2.24) is 5.01 Å². The van der Waals surface area contributed by atoms with E-state index in [0.717, 1.165) is 16.1 Å². The molecule has 0 unspecified atom stereocenters. The van der Waals surface area contributed by atoms with Crippen molar-refractivity contribution >= 4 is 34.8 Å². The summed E-state index contributed by atoms with van der Waals surface area (Å²) in [6.07, 6.45) is 3.99. The van der Waals surface area contributed by atoms with Gasteiger partial charge in [-0.15, -0.1) is 0 Å². The molecule has 0 radical (unpaired) electrons. The second kappa shape index (κ2) is 7.77. The molecule has 144 valence electrons. The van der Waals surface area contributed by atoms with Gasteiger partial charge in [0.1, 0.15) is 0 Å². The molecular weight excluding hydrogens is 390 g/mol. The number of aliphatic hydroxyl groups excluding tert-OH is 1. The van der Waals surface area contributed by atoms with Crippen LogP contribution in [0.5, 0.6) is 0 Å². The molecule has 7 heteroatoms. The lowest BCUT2D eigenvalue weighted by Gasteiger charge is -2.15. The molecule has 2 amide bonds. The van der Waals surface area contributed by atoms with E-state index in [1.54, 1.807) is 36.7 Å². The minimum Gasteiger partial charge on any atom is -0.498 e. The first kappa shape index (κ1) is 18.7. The van der Waals surface area contributed by atoms with Gasteiger partial charge in [-0.25, -0.2) is 0 Å². The van der Waals surface area contributed by atoms with Gasteiger partial charge in [0.05, 0.1) is 5.69 Å². The van der Waals surface area contributed by atoms with Crippen LogP contribution in [0.4, 0.5) is 5.69 Å². The van der Waals surface area contributed by atoms with Crippen LogP contribution in [0, 0.1) is 0 Å². The Morgan fingerprint density at radius 1 is 0.862 bits per heavy atom. The number of pyridine rings is 1. The molecule has 0 bridgehead atoms. The zero-order valence-electron chi connectivity index (χ0n) is 15.2. The molecular formula is C22H17ClN3O3+. The van der Waals surface area contributed by atoms with E-state index in [9.17, 15) is 14.7 Å². The Morgan fingerprint density at radius 2 is 1.48 bits per heavy atom. The minimum atomic E-state index is -0.799. The predicted octanol–water partition coefficient (Wildman–Crippen LogP) is 3.34. The highest BCUT2D eigenvalue weighted by Crippen LogP contribution is 2.20. The molecule has 0 saturated carbocycles. The Kier molecular flexibility index (Phi) is 5.01. The number of imide groups is 1. The summed E-state index contributed by atoms with van der Waals surface area (Å²) >= 11 is 5.91. The normalized spacial score (nSPS) is 13.9. The number of benzene rings is 2. The SMILES string of the molecule is O=C1C(O)=C([n+]2ccc(Cc3ccc(Cl)cc3)cc2)C(=O)N1Nc1ccccc1. The van der Waals surface area contributed by atoms with E-state index in [0.29, 0.717) is 17.1 Å². The highest BCUT2D eigenvalue weighted by atomic mass is 35.5. The number of carbonyl (C=O) groups excluding carboxylic acids is 2. The molecule has 2 heterocycles. The molecule has 2 N–H and O–H groups in total. The average molecular weight is 407 g/mol. The number of hydrogen-bond acceptors (Lipinski definition) is 4. The van der Waals surface area contributed by atoms with Gasteiger partial charge in [-0.2, -0.15) is 9.58 Å². The Balaban J connectivity index is 1.53. The van der Waals surface area contributed by atoms with Crippen LogP contribution in [0.15, 0.2) is 84.9 Å². The molecule has 4 rings (SSSR count). The smallest absolute Gasteiger partial charge is 0.349 e. The third-order valence-electron chi connectivity index (χ3n) is 4.53. The standard InChI is InChI=1S/C22H16ClN3O3/c23-17-8-6-15(7-9-17)14-16-10-12-25(13-11-16)19-20(27)22(29)26(21(19)28)24-18-4-2-1-3-5-18/h1-13,24H,14H2/p+1. The first-order valence-corrected chi connectivity index (χ1v) is 9.29. The maximum atomic E-state index is 12.7. The number of aliphatic hydroxyl groups is 1. The summed E-state index contributed by atoms with van der Waals surface area (Å²) in [5.74, 6) is -2.03. The van der Waals surface area contributed by atoms with E-state index in [-0.39, 0.29) is 5.70 Å². The number of amides is 2. The summed E-state index contributed by atoms with van der Waals surface area (Å²) in [7, 11) is 0. The minimum absolute atomic E-state index is 0.100. The lowest BCUT2D eigenvalue weighted by Crippen LogP contribution is -2.42. The fourth-order valence-corrected chi connectivity index (χ4v) is 3.17. The number of hydrazine groups is 1. The third-order valence-corrected chi connectivity index (χ3v) is 4.78. The van der Waals surface area contributed by atoms with Gasteiger partial charge in [-0.1, -0.05) is 41.9 Å². The van der Waals surface area contributed by atoms with E-state index in [2.05, 4.69) is 5.43 Å². The summed E-state index contributed by atoms with van der Waals surface area (Å²) in [6.45, 7) is 0.